The van der Waals surface area contributed by atoms with Gasteiger partial charge in [0.25, 0.3) is 0 Å². The van der Waals surface area contributed by atoms with Crippen LogP contribution in [0.1, 0.15) is 18.4 Å². The Labute approximate surface area is 126 Å². The van der Waals surface area contributed by atoms with Gasteiger partial charge in [0, 0.05) is 23.7 Å². The summed E-state index contributed by atoms with van der Waals surface area (Å²) in [4.78, 5) is 8.63. The maximum absolute atomic E-state index is 8.93. The lowest BCUT2D eigenvalue weighted by Crippen LogP contribution is -2.07. The Hall–Kier alpha value is -3.14. The van der Waals surface area contributed by atoms with Gasteiger partial charge in [0.05, 0.1) is 29.3 Å². The first-order valence-electron chi connectivity index (χ1n) is 7.01. The lowest BCUT2D eigenvalue weighted by molar-refractivity contribution is 0.863. The van der Waals surface area contributed by atoms with Gasteiger partial charge in [0.2, 0.25) is 0 Å². The highest BCUT2D eigenvalue weighted by molar-refractivity contribution is 5.78. The third-order valence-corrected chi connectivity index (χ3v) is 3.61. The number of nitrogens with one attached hydrogen (secondary N) is 1. The SMILES string of the molecule is N#Cc1cnc2c(cnn2-c2cc(NC3CC3)c(N)cn2)c1. The monoisotopic (exact) mass is 291 g/mol. The van der Waals surface area contributed by atoms with E-state index in [-0.39, 0.29) is 0 Å². The van der Waals surface area contributed by atoms with Crippen LogP contribution in [0.15, 0.2) is 30.7 Å². The van der Waals surface area contributed by atoms with E-state index in [1.165, 1.54) is 19.0 Å². The van der Waals surface area contributed by atoms with Crippen LogP contribution in [0.5, 0.6) is 0 Å². The number of hydrogen-bond donors (Lipinski definition) is 2. The zero-order valence-corrected chi connectivity index (χ0v) is 11.7. The van der Waals surface area contributed by atoms with Crippen LogP contribution >= 0.6 is 0 Å². The predicted molar refractivity (Wildman–Crippen MR) is 82.4 cm³/mol. The van der Waals surface area contributed by atoms with E-state index in [1.54, 1.807) is 23.1 Å². The fraction of sp³-hybridized carbons (Fsp3) is 0.200. The molecule has 0 amide bonds. The molecule has 1 saturated carbocycles. The molecule has 0 aliphatic heterocycles. The number of nitrogen functional groups attached to an aromatic ring is 1. The Balaban J connectivity index is 1.79. The van der Waals surface area contributed by atoms with E-state index in [4.69, 9.17) is 11.0 Å². The molecule has 1 aliphatic rings. The number of fused-ring (bicyclic) bond motifs is 1. The number of nitrogens with zero attached hydrogens (tertiary/aromatic N) is 5. The van der Waals surface area contributed by atoms with E-state index in [9.17, 15) is 0 Å². The second-order valence-electron chi connectivity index (χ2n) is 5.35. The summed E-state index contributed by atoms with van der Waals surface area (Å²) in [5.41, 5.74) is 8.61. The maximum Gasteiger partial charge on any atom is 0.164 e. The van der Waals surface area contributed by atoms with Crippen molar-refractivity contribution in [3.8, 4) is 11.9 Å². The molecule has 1 aliphatic carbocycles. The Kier molecular flexibility index (Phi) is 2.69. The van der Waals surface area contributed by atoms with Crippen molar-refractivity contribution < 1.29 is 0 Å². The van der Waals surface area contributed by atoms with Crippen molar-refractivity contribution in [1.29, 1.82) is 5.26 Å². The summed E-state index contributed by atoms with van der Waals surface area (Å²) in [6, 6.07) is 6.21. The summed E-state index contributed by atoms with van der Waals surface area (Å²) in [5.74, 6) is 0.643. The van der Waals surface area contributed by atoms with E-state index in [0.29, 0.717) is 28.8 Å². The van der Waals surface area contributed by atoms with E-state index in [1.807, 2.05) is 6.07 Å². The van der Waals surface area contributed by atoms with Gasteiger partial charge in [-0.15, -0.1) is 0 Å². The summed E-state index contributed by atoms with van der Waals surface area (Å²) < 4.78 is 1.65. The summed E-state index contributed by atoms with van der Waals surface area (Å²) >= 11 is 0. The minimum absolute atomic E-state index is 0.503. The van der Waals surface area contributed by atoms with Crippen LogP contribution in [0.2, 0.25) is 0 Å². The standard InChI is InChI=1S/C15H13N7/c16-5-9-3-10-7-20-22(15(10)19-6-9)14-4-13(12(17)8-18-14)21-11-1-2-11/h3-4,6-8,11H,1-2,17H2,(H,18,21). The molecule has 3 aromatic rings. The van der Waals surface area contributed by atoms with Crippen molar-refractivity contribution in [3.05, 3.63) is 36.3 Å². The predicted octanol–water partition coefficient (Wildman–Crippen LogP) is 1.84. The van der Waals surface area contributed by atoms with Gasteiger partial charge < -0.3 is 11.1 Å². The van der Waals surface area contributed by atoms with Crippen molar-refractivity contribution in [2.45, 2.75) is 18.9 Å². The highest BCUT2D eigenvalue weighted by Crippen LogP contribution is 2.29. The van der Waals surface area contributed by atoms with E-state index < -0.39 is 0 Å². The normalized spacial score (nSPS) is 14.0. The third-order valence-electron chi connectivity index (χ3n) is 3.61. The number of nitrogens with two attached hydrogens (primary N) is 1. The molecule has 0 bridgehead atoms. The van der Waals surface area contributed by atoms with Gasteiger partial charge in [0.1, 0.15) is 6.07 Å². The Bertz CT molecular complexity index is 902. The Morgan fingerprint density at radius 1 is 1.23 bits per heavy atom. The third kappa shape index (κ3) is 2.11. The van der Waals surface area contributed by atoms with Crippen molar-refractivity contribution in [2.24, 2.45) is 0 Å². The van der Waals surface area contributed by atoms with Gasteiger partial charge in [0.15, 0.2) is 11.5 Å². The van der Waals surface area contributed by atoms with Gasteiger partial charge in [-0.25, -0.2) is 9.97 Å². The van der Waals surface area contributed by atoms with Crippen molar-refractivity contribution in [3.63, 3.8) is 0 Å². The number of pyridine rings is 2. The molecule has 0 spiro atoms. The van der Waals surface area contributed by atoms with Crippen LogP contribution in [0.25, 0.3) is 16.9 Å². The average molecular weight is 291 g/mol. The molecule has 3 aromatic heterocycles. The molecule has 4 rings (SSSR count). The highest BCUT2D eigenvalue weighted by atomic mass is 15.3. The first-order valence-corrected chi connectivity index (χ1v) is 7.01. The second kappa shape index (κ2) is 4.70. The molecule has 7 nitrogen and oxygen atoms in total. The number of aromatic nitrogens is 4. The maximum atomic E-state index is 8.93. The zero-order valence-electron chi connectivity index (χ0n) is 11.7. The average Bonchev–Trinajstić information content (AvgIpc) is 3.25. The highest BCUT2D eigenvalue weighted by Gasteiger charge is 2.22. The van der Waals surface area contributed by atoms with Crippen molar-refractivity contribution in [1.82, 2.24) is 19.7 Å². The topological polar surface area (TPSA) is 105 Å². The van der Waals surface area contributed by atoms with E-state index in [0.717, 1.165) is 11.1 Å². The molecule has 3 heterocycles. The van der Waals surface area contributed by atoms with Crippen LogP contribution in [0.4, 0.5) is 11.4 Å². The largest absolute Gasteiger partial charge is 0.396 e. The number of hydrogen-bond acceptors (Lipinski definition) is 6. The molecule has 108 valence electrons. The summed E-state index contributed by atoms with van der Waals surface area (Å²) in [5, 5.41) is 17.4. The molecule has 22 heavy (non-hydrogen) atoms. The second-order valence-corrected chi connectivity index (χ2v) is 5.35. The van der Waals surface area contributed by atoms with E-state index in [2.05, 4.69) is 26.5 Å². The summed E-state index contributed by atoms with van der Waals surface area (Å²) in [6.45, 7) is 0. The van der Waals surface area contributed by atoms with Gasteiger partial charge in [-0.1, -0.05) is 0 Å². The Morgan fingerprint density at radius 3 is 2.86 bits per heavy atom. The Morgan fingerprint density at radius 2 is 2.09 bits per heavy atom. The zero-order chi connectivity index (χ0) is 15.1. The molecule has 7 heteroatoms. The minimum atomic E-state index is 0.503. The van der Waals surface area contributed by atoms with Gasteiger partial charge in [-0.2, -0.15) is 15.0 Å². The fourth-order valence-corrected chi connectivity index (χ4v) is 2.29. The van der Waals surface area contributed by atoms with Crippen molar-refractivity contribution in [2.75, 3.05) is 11.1 Å². The quantitative estimate of drug-likeness (QED) is 0.762. The van der Waals surface area contributed by atoms with Crippen LogP contribution in [-0.4, -0.2) is 25.8 Å². The summed E-state index contributed by atoms with van der Waals surface area (Å²) in [7, 11) is 0. The molecule has 0 saturated heterocycles. The van der Waals surface area contributed by atoms with Gasteiger partial charge in [-0.3, -0.25) is 0 Å². The number of nitriles is 1. The van der Waals surface area contributed by atoms with Crippen molar-refractivity contribution >= 4 is 22.4 Å². The molecule has 3 N–H and O–H groups in total. The molecular weight excluding hydrogens is 278 g/mol. The molecular formula is C15H13N7. The number of anilines is 2. The number of rotatable bonds is 3. The molecule has 1 fully saturated rings. The van der Waals surface area contributed by atoms with Gasteiger partial charge >= 0.3 is 0 Å². The van der Waals surface area contributed by atoms with Crippen LogP contribution in [0, 0.1) is 11.3 Å². The van der Waals surface area contributed by atoms with Crippen LogP contribution < -0.4 is 11.1 Å². The minimum Gasteiger partial charge on any atom is -0.396 e. The molecule has 0 radical (unpaired) electrons. The van der Waals surface area contributed by atoms with Crippen LogP contribution in [-0.2, 0) is 0 Å². The molecule has 0 aromatic carbocycles. The lowest BCUT2D eigenvalue weighted by Gasteiger charge is -2.10. The lowest BCUT2D eigenvalue weighted by atomic mass is 10.2. The van der Waals surface area contributed by atoms with Crippen LogP contribution in [0.3, 0.4) is 0 Å². The smallest absolute Gasteiger partial charge is 0.164 e. The first kappa shape index (κ1) is 12.6. The fourth-order valence-electron chi connectivity index (χ4n) is 2.29. The molecule has 0 unspecified atom stereocenters. The summed E-state index contributed by atoms with van der Waals surface area (Å²) in [6.07, 6.45) is 7.16. The molecule has 0 atom stereocenters. The first-order chi connectivity index (χ1) is 10.7. The van der Waals surface area contributed by atoms with E-state index >= 15 is 0 Å². The van der Waals surface area contributed by atoms with Gasteiger partial charge in [-0.05, 0) is 18.9 Å².